The Hall–Kier alpha value is -3.40. The Kier molecular flexibility index (Phi) is 5.43. The molecule has 2 aromatic carbocycles. The number of fused-ring (bicyclic) bond motifs is 1. The number of pyridine rings is 1. The van der Waals surface area contributed by atoms with E-state index >= 15 is 0 Å². The van der Waals surface area contributed by atoms with Crippen molar-refractivity contribution in [1.82, 2.24) is 4.98 Å². The van der Waals surface area contributed by atoms with Gasteiger partial charge in [0.05, 0.1) is 11.1 Å². The molecule has 2 aromatic heterocycles. The van der Waals surface area contributed by atoms with Crippen molar-refractivity contribution in [1.29, 1.82) is 0 Å². The number of rotatable bonds is 6. The predicted molar refractivity (Wildman–Crippen MR) is 117 cm³/mol. The van der Waals surface area contributed by atoms with E-state index in [1.807, 2.05) is 55.5 Å². The summed E-state index contributed by atoms with van der Waals surface area (Å²) in [6.07, 6.45) is 3.40. The Bertz CT molecular complexity index is 1140. The molecular weight excluding hydrogens is 360 g/mol. The second kappa shape index (κ2) is 8.31. The monoisotopic (exact) mass is 384 g/mol. The molecule has 0 aliphatic heterocycles. The van der Waals surface area contributed by atoms with Crippen molar-refractivity contribution >= 4 is 22.5 Å². The number of carbonyl (C=O) groups excluding carboxylic acids is 1. The van der Waals surface area contributed by atoms with E-state index in [1.165, 1.54) is 18.4 Å². The summed E-state index contributed by atoms with van der Waals surface area (Å²) in [4.78, 5) is 17.8. The zero-order valence-corrected chi connectivity index (χ0v) is 16.7. The van der Waals surface area contributed by atoms with Crippen LogP contribution in [-0.2, 0) is 6.42 Å². The highest BCUT2D eigenvalue weighted by atomic mass is 16.3. The Morgan fingerprint density at radius 2 is 1.83 bits per heavy atom. The molecule has 146 valence electrons. The molecule has 1 N–H and O–H groups in total. The molecule has 0 saturated heterocycles. The molecule has 4 nitrogen and oxygen atoms in total. The number of aromatic nitrogens is 1. The number of hydrogen-bond donors (Lipinski definition) is 1. The van der Waals surface area contributed by atoms with Gasteiger partial charge < -0.3 is 9.73 Å². The maximum Gasteiger partial charge on any atom is 0.256 e. The minimum Gasteiger partial charge on any atom is -0.460 e. The normalized spacial score (nSPS) is 11.0. The first-order valence-corrected chi connectivity index (χ1v) is 10.0. The van der Waals surface area contributed by atoms with Crippen LogP contribution in [0.25, 0.3) is 22.4 Å². The van der Waals surface area contributed by atoms with Crippen LogP contribution in [0.2, 0.25) is 0 Å². The summed E-state index contributed by atoms with van der Waals surface area (Å²) >= 11 is 0. The van der Waals surface area contributed by atoms with Crippen molar-refractivity contribution in [3.05, 3.63) is 83.6 Å². The molecule has 1 amide bonds. The van der Waals surface area contributed by atoms with E-state index in [4.69, 9.17) is 4.42 Å². The third kappa shape index (κ3) is 4.21. The van der Waals surface area contributed by atoms with E-state index in [2.05, 4.69) is 29.4 Å². The number of furan rings is 1. The fourth-order valence-electron chi connectivity index (χ4n) is 3.40. The first-order valence-electron chi connectivity index (χ1n) is 10.0. The van der Waals surface area contributed by atoms with Gasteiger partial charge in [-0.2, -0.15) is 0 Å². The van der Waals surface area contributed by atoms with E-state index in [9.17, 15) is 4.79 Å². The van der Waals surface area contributed by atoms with Crippen molar-refractivity contribution in [3.63, 3.8) is 0 Å². The number of anilines is 1. The van der Waals surface area contributed by atoms with Gasteiger partial charge in [0.1, 0.15) is 11.5 Å². The van der Waals surface area contributed by atoms with Crippen molar-refractivity contribution in [2.75, 3.05) is 5.32 Å². The van der Waals surface area contributed by atoms with Gasteiger partial charge in [-0.05, 0) is 61.7 Å². The zero-order chi connectivity index (χ0) is 20.2. The van der Waals surface area contributed by atoms with E-state index in [-0.39, 0.29) is 5.91 Å². The minimum absolute atomic E-state index is 0.158. The zero-order valence-electron chi connectivity index (χ0n) is 16.7. The van der Waals surface area contributed by atoms with E-state index in [0.717, 1.165) is 28.8 Å². The van der Waals surface area contributed by atoms with Gasteiger partial charge in [0.25, 0.3) is 5.91 Å². The predicted octanol–water partition coefficient (Wildman–Crippen LogP) is 6.40. The summed E-state index contributed by atoms with van der Waals surface area (Å²) < 4.78 is 5.72. The molecular formula is C25H24N2O2. The van der Waals surface area contributed by atoms with Crippen LogP contribution in [0.15, 0.2) is 71.1 Å². The lowest BCUT2D eigenvalue weighted by Crippen LogP contribution is -2.13. The molecule has 4 rings (SSSR count). The summed E-state index contributed by atoms with van der Waals surface area (Å²) in [7, 11) is 0. The second-order valence-electron chi connectivity index (χ2n) is 7.24. The van der Waals surface area contributed by atoms with Gasteiger partial charge in [-0.3, -0.25) is 4.79 Å². The van der Waals surface area contributed by atoms with Crippen LogP contribution in [0.4, 0.5) is 5.69 Å². The lowest BCUT2D eigenvalue weighted by atomic mass is 10.1. The number of aryl methyl sites for hydroxylation is 2. The number of carbonyl (C=O) groups is 1. The first-order chi connectivity index (χ1) is 14.1. The SMILES string of the molecule is CCCCc1ccc(NC(=O)c2cc(-c3ccc(C)o3)nc3ccccc23)cc1. The molecule has 4 heteroatoms. The van der Waals surface area contributed by atoms with E-state index in [1.54, 1.807) is 6.07 Å². The lowest BCUT2D eigenvalue weighted by Gasteiger charge is -2.10. The highest BCUT2D eigenvalue weighted by Crippen LogP contribution is 2.27. The highest BCUT2D eigenvalue weighted by Gasteiger charge is 2.15. The minimum atomic E-state index is -0.158. The largest absolute Gasteiger partial charge is 0.460 e. The molecule has 4 aromatic rings. The quantitative estimate of drug-likeness (QED) is 0.418. The molecule has 0 aliphatic carbocycles. The van der Waals surface area contributed by atoms with Crippen molar-refractivity contribution < 1.29 is 9.21 Å². The first kappa shape index (κ1) is 18.9. The molecule has 0 spiro atoms. The summed E-state index contributed by atoms with van der Waals surface area (Å²) in [6, 6.07) is 21.3. The Balaban J connectivity index is 1.66. The number of nitrogens with one attached hydrogen (secondary N) is 1. The third-order valence-electron chi connectivity index (χ3n) is 4.98. The highest BCUT2D eigenvalue weighted by molar-refractivity contribution is 6.13. The maximum atomic E-state index is 13.1. The molecule has 0 unspecified atom stereocenters. The van der Waals surface area contributed by atoms with Gasteiger partial charge in [-0.1, -0.05) is 43.7 Å². The fraction of sp³-hybridized carbons (Fsp3) is 0.200. The number of hydrogen-bond acceptors (Lipinski definition) is 3. The molecule has 0 radical (unpaired) electrons. The van der Waals surface area contributed by atoms with Gasteiger partial charge in [-0.25, -0.2) is 4.98 Å². The Morgan fingerprint density at radius 3 is 2.55 bits per heavy atom. The smallest absolute Gasteiger partial charge is 0.256 e. The van der Waals surface area contributed by atoms with Gasteiger partial charge in [0, 0.05) is 11.1 Å². The fourth-order valence-corrected chi connectivity index (χ4v) is 3.40. The van der Waals surface area contributed by atoms with Gasteiger partial charge in [0.15, 0.2) is 5.76 Å². The average molecular weight is 384 g/mol. The number of amides is 1. The molecule has 2 heterocycles. The summed E-state index contributed by atoms with van der Waals surface area (Å²) in [5.74, 6) is 1.31. The van der Waals surface area contributed by atoms with Crippen LogP contribution in [0.1, 0.15) is 41.4 Å². The van der Waals surface area contributed by atoms with Crippen molar-refractivity contribution in [2.45, 2.75) is 33.1 Å². The molecule has 0 saturated carbocycles. The molecule has 0 atom stereocenters. The number of benzene rings is 2. The van der Waals surface area contributed by atoms with Gasteiger partial charge in [-0.15, -0.1) is 0 Å². The number of para-hydroxylation sites is 1. The van der Waals surface area contributed by atoms with Crippen LogP contribution in [0, 0.1) is 6.92 Å². The van der Waals surface area contributed by atoms with Crippen LogP contribution in [0.3, 0.4) is 0 Å². The van der Waals surface area contributed by atoms with Crippen LogP contribution >= 0.6 is 0 Å². The molecule has 0 aliphatic rings. The van der Waals surface area contributed by atoms with Gasteiger partial charge >= 0.3 is 0 Å². The van der Waals surface area contributed by atoms with Gasteiger partial charge in [0.2, 0.25) is 0 Å². The number of nitrogens with zero attached hydrogens (tertiary/aromatic N) is 1. The Labute approximate surface area is 170 Å². The molecule has 0 bridgehead atoms. The maximum absolute atomic E-state index is 13.1. The standard InChI is InChI=1S/C25H24N2O2/c1-3-4-7-18-11-13-19(14-12-18)26-25(28)21-16-23(24-15-10-17(2)29-24)27-22-9-6-5-8-20(21)22/h5-6,8-16H,3-4,7H2,1-2H3,(H,26,28). The van der Waals surface area contributed by atoms with E-state index in [0.29, 0.717) is 17.0 Å². The molecule has 0 fully saturated rings. The lowest BCUT2D eigenvalue weighted by molar-refractivity contribution is 0.102. The third-order valence-corrected chi connectivity index (χ3v) is 4.98. The average Bonchev–Trinajstić information content (AvgIpc) is 3.18. The summed E-state index contributed by atoms with van der Waals surface area (Å²) in [6.45, 7) is 4.08. The molecule has 29 heavy (non-hydrogen) atoms. The van der Waals surface area contributed by atoms with Crippen molar-refractivity contribution in [3.8, 4) is 11.5 Å². The van der Waals surface area contributed by atoms with Crippen LogP contribution in [-0.4, -0.2) is 10.9 Å². The van der Waals surface area contributed by atoms with Crippen LogP contribution in [0.5, 0.6) is 0 Å². The van der Waals surface area contributed by atoms with Crippen LogP contribution < -0.4 is 5.32 Å². The second-order valence-corrected chi connectivity index (χ2v) is 7.24. The summed E-state index contributed by atoms with van der Waals surface area (Å²) in [5, 5.41) is 3.84. The number of unbranched alkanes of at least 4 members (excludes halogenated alkanes) is 1. The topological polar surface area (TPSA) is 55.1 Å². The van der Waals surface area contributed by atoms with E-state index < -0.39 is 0 Å². The van der Waals surface area contributed by atoms with Crippen molar-refractivity contribution in [2.24, 2.45) is 0 Å². The summed E-state index contributed by atoms with van der Waals surface area (Å²) in [5.41, 5.74) is 4.06. The Morgan fingerprint density at radius 1 is 1.03 bits per heavy atom.